The van der Waals surface area contributed by atoms with E-state index in [1.54, 1.807) is 0 Å². The number of hydrogen-bond acceptors (Lipinski definition) is 4. The second-order valence-electron chi connectivity index (χ2n) is 6.68. The summed E-state index contributed by atoms with van der Waals surface area (Å²) in [5.74, 6) is -0.172. The summed E-state index contributed by atoms with van der Waals surface area (Å²) in [5.41, 5.74) is 3.29. The highest BCUT2D eigenvalue weighted by atomic mass is 19.1. The Bertz CT molecular complexity index is 913. The Morgan fingerprint density at radius 2 is 1.77 bits per heavy atom. The predicted octanol–water partition coefficient (Wildman–Crippen LogP) is 4.42. The minimum absolute atomic E-state index is 0.277. The monoisotopic (exact) mass is 355 g/mol. The summed E-state index contributed by atoms with van der Waals surface area (Å²) in [6, 6.07) is 9.31. The van der Waals surface area contributed by atoms with E-state index in [-0.39, 0.29) is 5.69 Å². The van der Waals surface area contributed by atoms with Crippen LogP contribution in [0, 0.1) is 24.5 Å². The van der Waals surface area contributed by atoms with Crippen LogP contribution in [0.2, 0.25) is 0 Å². The molecule has 0 atom stereocenters. The molecule has 134 valence electrons. The zero-order valence-electron chi connectivity index (χ0n) is 14.3. The number of rotatable bonds is 6. The van der Waals surface area contributed by atoms with E-state index in [9.17, 15) is 8.78 Å². The van der Waals surface area contributed by atoms with Gasteiger partial charge in [-0.3, -0.25) is 0 Å². The van der Waals surface area contributed by atoms with Gasteiger partial charge in [0.1, 0.15) is 18.0 Å². The van der Waals surface area contributed by atoms with Crippen LogP contribution in [0.15, 0.2) is 42.7 Å². The second kappa shape index (κ2) is 6.74. The van der Waals surface area contributed by atoms with Gasteiger partial charge in [-0.05, 0) is 61.6 Å². The van der Waals surface area contributed by atoms with Gasteiger partial charge in [0.15, 0.2) is 0 Å². The third-order valence-electron chi connectivity index (χ3n) is 4.23. The number of hydrogen-bond donors (Lipinski definition) is 2. The SMILES string of the molecule is Cc1cc(NCC2CC2)cc(Nc2ncn(-c3cc(F)cc(F)c3)n2)c1. The molecule has 1 aliphatic carbocycles. The van der Waals surface area contributed by atoms with Crippen LogP contribution < -0.4 is 10.6 Å². The quantitative estimate of drug-likeness (QED) is 0.687. The van der Waals surface area contributed by atoms with Crippen molar-refractivity contribution in [1.82, 2.24) is 14.8 Å². The van der Waals surface area contributed by atoms with Gasteiger partial charge in [0.25, 0.3) is 0 Å². The molecule has 1 fully saturated rings. The molecule has 0 saturated heterocycles. The average Bonchev–Trinajstić information content (AvgIpc) is 3.29. The molecular formula is C19H19F2N5. The minimum atomic E-state index is -0.657. The van der Waals surface area contributed by atoms with Crippen LogP contribution in [0.25, 0.3) is 5.69 Å². The van der Waals surface area contributed by atoms with Gasteiger partial charge >= 0.3 is 0 Å². The molecule has 0 aliphatic heterocycles. The Balaban J connectivity index is 1.51. The normalized spacial score (nSPS) is 13.7. The van der Waals surface area contributed by atoms with Crippen LogP contribution in [0.5, 0.6) is 0 Å². The Kier molecular flexibility index (Phi) is 4.28. The number of benzene rings is 2. The van der Waals surface area contributed by atoms with Gasteiger partial charge in [-0.2, -0.15) is 4.98 Å². The number of nitrogens with one attached hydrogen (secondary N) is 2. The van der Waals surface area contributed by atoms with E-state index >= 15 is 0 Å². The summed E-state index contributed by atoms with van der Waals surface area (Å²) in [4.78, 5) is 4.17. The fraction of sp³-hybridized carbons (Fsp3) is 0.263. The van der Waals surface area contributed by atoms with E-state index in [2.05, 4.69) is 26.8 Å². The molecule has 0 radical (unpaired) electrons. The first-order valence-electron chi connectivity index (χ1n) is 8.56. The molecule has 7 heteroatoms. The van der Waals surface area contributed by atoms with Crippen molar-refractivity contribution >= 4 is 17.3 Å². The summed E-state index contributed by atoms with van der Waals surface area (Å²) in [7, 11) is 0. The van der Waals surface area contributed by atoms with E-state index in [1.165, 1.54) is 36.0 Å². The van der Waals surface area contributed by atoms with Crippen LogP contribution in [-0.2, 0) is 0 Å². The van der Waals surface area contributed by atoms with Crippen molar-refractivity contribution in [2.24, 2.45) is 5.92 Å². The molecule has 3 aromatic rings. The molecule has 0 unspecified atom stereocenters. The minimum Gasteiger partial charge on any atom is -0.385 e. The van der Waals surface area contributed by atoms with Crippen molar-refractivity contribution in [3.05, 3.63) is 59.9 Å². The highest BCUT2D eigenvalue weighted by Crippen LogP contribution is 2.29. The van der Waals surface area contributed by atoms with E-state index in [0.717, 1.165) is 35.5 Å². The number of aromatic nitrogens is 3. The lowest BCUT2D eigenvalue weighted by molar-refractivity contribution is 0.580. The van der Waals surface area contributed by atoms with Crippen molar-refractivity contribution < 1.29 is 8.78 Å². The number of anilines is 3. The maximum absolute atomic E-state index is 13.4. The first-order chi connectivity index (χ1) is 12.5. The fourth-order valence-electron chi connectivity index (χ4n) is 2.79. The smallest absolute Gasteiger partial charge is 0.246 e. The first-order valence-corrected chi connectivity index (χ1v) is 8.56. The lowest BCUT2D eigenvalue weighted by Gasteiger charge is -2.10. The Morgan fingerprint density at radius 3 is 2.50 bits per heavy atom. The van der Waals surface area contributed by atoms with Crippen molar-refractivity contribution in [3.8, 4) is 5.69 Å². The van der Waals surface area contributed by atoms with Crippen molar-refractivity contribution in [2.45, 2.75) is 19.8 Å². The van der Waals surface area contributed by atoms with Gasteiger partial charge in [0.2, 0.25) is 5.95 Å². The van der Waals surface area contributed by atoms with Gasteiger partial charge in [0.05, 0.1) is 5.69 Å². The lowest BCUT2D eigenvalue weighted by atomic mass is 10.2. The molecule has 5 nitrogen and oxygen atoms in total. The van der Waals surface area contributed by atoms with E-state index < -0.39 is 11.6 Å². The van der Waals surface area contributed by atoms with Gasteiger partial charge < -0.3 is 10.6 Å². The van der Waals surface area contributed by atoms with Crippen molar-refractivity contribution in [1.29, 1.82) is 0 Å². The Labute approximate surface area is 150 Å². The molecule has 0 amide bonds. The molecular weight excluding hydrogens is 336 g/mol. The highest BCUT2D eigenvalue weighted by Gasteiger charge is 2.20. The fourth-order valence-corrected chi connectivity index (χ4v) is 2.79. The largest absolute Gasteiger partial charge is 0.385 e. The van der Waals surface area contributed by atoms with Crippen LogP contribution in [-0.4, -0.2) is 21.3 Å². The molecule has 26 heavy (non-hydrogen) atoms. The molecule has 4 rings (SSSR count). The number of nitrogens with zero attached hydrogens (tertiary/aromatic N) is 3. The number of halogens is 2. The van der Waals surface area contributed by atoms with Crippen LogP contribution in [0.3, 0.4) is 0 Å². The van der Waals surface area contributed by atoms with Crippen molar-refractivity contribution in [2.75, 3.05) is 17.2 Å². The van der Waals surface area contributed by atoms with Gasteiger partial charge in [-0.25, -0.2) is 13.5 Å². The molecule has 0 spiro atoms. The van der Waals surface area contributed by atoms with E-state index in [4.69, 9.17) is 0 Å². The van der Waals surface area contributed by atoms with Crippen LogP contribution in [0.4, 0.5) is 26.1 Å². The van der Waals surface area contributed by atoms with Crippen molar-refractivity contribution in [3.63, 3.8) is 0 Å². The maximum atomic E-state index is 13.4. The van der Waals surface area contributed by atoms with Crippen LogP contribution >= 0.6 is 0 Å². The molecule has 1 aromatic heterocycles. The molecule has 2 aromatic carbocycles. The summed E-state index contributed by atoms with van der Waals surface area (Å²) < 4.78 is 28.1. The third kappa shape index (κ3) is 3.99. The Morgan fingerprint density at radius 1 is 1.04 bits per heavy atom. The Hall–Kier alpha value is -2.96. The summed E-state index contributed by atoms with van der Waals surface area (Å²) in [6.07, 6.45) is 4.01. The standard InChI is InChI=1S/C19H19F2N5/c1-12-4-16(22-10-13-2-3-13)9-17(5-12)24-19-23-11-26(25-19)18-7-14(20)6-15(21)8-18/h4-9,11,13,22H,2-3,10H2,1H3,(H,24,25). The second-order valence-corrected chi connectivity index (χ2v) is 6.68. The zero-order chi connectivity index (χ0) is 18.1. The van der Waals surface area contributed by atoms with Gasteiger partial charge in [-0.1, -0.05) is 0 Å². The van der Waals surface area contributed by atoms with Gasteiger partial charge in [-0.15, -0.1) is 5.10 Å². The predicted molar refractivity (Wildman–Crippen MR) is 97.0 cm³/mol. The summed E-state index contributed by atoms with van der Waals surface area (Å²) >= 11 is 0. The summed E-state index contributed by atoms with van der Waals surface area (Å²) in [5, 5.41) is 10.8. The first kappa shape index (κ1) is 16.5. The lowest BCUT2D eigenvalue weighted by Crippen LogP contribution is -2.04. The molecule has 0 bridgehead atoms. The maximum Gasteiger partial charge on any atom is 0.246 e. The third-order valence-corrected chi connectivity index (χ3v) is 4.23. The zero-order valence-corrected chi connectivity index (χ0v) is 14.3. The molecule has 1 aliphatic rings. The molecule has 2 N–H and O–H groups in total. The molecule has 1 saturated carbocycles. The topological polar surface area (TPSA) is 54.8 Å². The highest BCUT2D eigenvalue weighted by molar-refractivity contribution is 5.63. The van der Waals surface area contributed by atoms with Gasteiger partial charge in [0, 0.05) is 24.0 Å². The molecule has 1 heterocycles. The van der Waals surface area contributed by atoms with E-state index in [1.807, 2.05) is 19.1 Å². The number of aryl methyl sites for hydroxylation is 1. The summed E-state index contributed by atoms with van der Waals surface area (Å²) in [6.45, 7) is 3.01. The van der Waals surface area contributed by atoms with E-state index in [0.29, 0.717) is 5.95 Å². The average molecular weight is 355 g/mol. The van der Waals surface area contributed by atoms with Crippen LogP contribution in [0.1, 0.15) is 18.4 Å².